The summed E-state index contributed by atoms with van der Waals surface area (Å²) in [5.74, 6) is 1.12. The molecule has 0 aliphatic heterocycles. The Morgan fingerprint density at radius 2 is 1.11 bits per heavy atom. The molecule has 0 saturated carbocycles. The largest absolute Gasteiger partial charge is 0.507 e. The summed E-state index contributed by atoms with van der Waals surface area (Å²) in [6.07, 6.45) is 0. The number of pyridine rings is 1. The van der Waals surface area contributed by atoms with Crippen LogP contribution < -0.4 is 5.32 Å². The highest BCUT2D eigenvalue weighted by Crippen LogP contribution is 2.43. The van der Waals surface area contributed by atoms with Crippen molar-refractivity contribution in [2.24, 2.45) is 0 Å². The Kier molecular flexibility index (Phi) is 9.68. The molecule has 0 radical (unpaired) electrons. The second-order valence-electron chi connectivity index (χ2n) is 15.5. The molecule has 1 aromatic heterocycles. The molecule has 3 heteroatoms. The van der Waals surface area contributed by atoms with Gasteiger partial charge in [-0.05, 0) is 68.2 Å². The van der Waals surface area contributed by atoms with E-state index in [4.69, 9.17) is 4.98 Å². The molecule has 0 saturated heterocycles. The summed E-state index contributed by atoms with van der Waals surface area (Å²) in [6, 6.07) is 34.0. The molecule has 0 aliphatic rings. The zero-order chi connectivity index (χ0) is 34.1. The van der Waals surface area contributed by atoms with Crippen LogP contribution in [0.1, 0.15) is 109 Å². The lowest BCUT2D eigenvalue weighted by atomic mass is 9.78. The molecule has 0 amide bonds. The number of anilines is 1. The topological polar surface area (TPSA) is 45.1 Å². The molecule has 0 bridgehead atoms. The maximum absolute atomic E-state index is 11.9. The summed E-state index contributed by atoms with van der Waals surface area (Å²) in [5.41, 5.74) is 12.8. The van der Waals surface area contributed by atoms with Crippen LogP contribution in [0.2, 0.25) is 0 Å². The molecule has 0 atom stereocenters. The number of phenolic OH excluding ortho intramolecular Hbond substituents is 1. The maximum atomic E-state index is 11.9. The van der Waals surface area contributed by atoms with Crippen LogP contribution in [0.5, 0.6) is 5.75 Å². The number of phenols is 1. The summed E-state index contributed by atoms with van der Waals surface area (Å²) in [4.78, 5) is 5.14. The van der Waals surface area contributed by atoms with Crippen LogP contribution in [0.3, 0.4) is 0 Å². The van der Waals surface area contributed by atoms with Gasteiger partial charge in [-0.25, -0.2) is 0 Å². The van der Waals surface area contributed by atoms with Gasteiger partial charge in [0.25, 0.3) is 0 Å². The van der Waals surface area contributed by atoms with E-state index in [2.05, 4.69) is 141 Å². The van der Waals surface area contributed by atoms with E-state index in [0.717, 1.165) is 39.2 Å². The van der Waals surface area contributed by atoms with Gasteiger partial charge in [-0.15, -0.1) is 0 Å². The first-order valence-electron chi connectivity index (χ1n) is 17.1. The van der Waals surface area contributed by atoms with Gasteiger partial charge in [0.05, 0.1) is 17.9 Å². The van der Waals surface area contributed by atoms with Crippen LogP contribution >= 0.6 is 0 Å². The molecular formula is C44H52N2O. The van der Waals surface area contributed by atoms with Crippen molar-refractivity contribution in [2.45, 2.75) is 98.4 Å². The maximum Gasteiger partial charge on any atom is 0.131 e. The smallest absolute Gasteiger partial charge is 0.131 e. The van der Waals surface area contributed by atoms with Crippen LogP contribution in [-0.4, -0.2) is 10.1 Å². The number of para-hydroxylation sites is 2. The lowest BCUT2D eigenvalue weighted by Crippen LogP contribution is -2.16. The molecule has 47 heavy (non-hydrogen) atoms. The number of hydrogen-bond donors (Lipinski definition) is 2. The minimum Gasteiger partial charge on any atom is -0.507 e. The summed E-state index contributed by atoms with van der Waals surface area (Å²) < 4.78 is 0. The average Bonchev–Trinajstić information content (AvgIpc) is 3.02. The molecule has 5 rings (SSSR count). The van der Waals surface area contributed by atoms with Crippen LogP contribution in [0.4, 0.5) is 5.69 Å². The molecule has 5 aromatic rings. The Morgan fingerprint density at radius 1 is 0.596 bits per heavy atom. The van der Waals surface area contributed by atoms with Gasteiger partial charge >= 0.3 is 0 Å². The fourth-order valence-corrected chi connectivity index (χ4v) is 6.25. The van der Waals surface area contributed by atoms with Crippen molar-refractivity contribution in [3.8, 4) is 39.3 Å². The Hall–Kier alpha value is -4.37. The molecule has 244 valence electrons. The number of nitrogens with zero attached hydrogens (tertiary/aromatic N) is 1. The Labute approximate surface area is 283 Å². The van der Waals surface area contributed by atoms with Crippen LogP contribution in [0.15, 0.2) is 97.1 Å². The molecule has 0 spiro atoms. The molecular weight excluding hydrogens is 572 g/mol. The van der Waals surface area contributed by atoms with Crippen molar-refractivity contribution in [1.29, 1.82) is 0 Å². The lowest BCUT2D eigenvalue weighted by molar-refractivity contribution is 0.479. The fraction of sp³-hybridized carbons (Fsp3) is 0.341. The number of aromatic nitrogens is 1. The van der Waals surface area contributed by atoms with Gasteiger partial charge in [-0.2, -0.15) is 0 Å². The predicted octanol–water partition coefficient (Wildman–Crippen LogP) is 12.2. The number of benzene rings is 4. The van der Waals surface area contributed by atoms with Crippen LogP contribution in [-0.2, 0) is 17.4 Å². The SMILES string of the molecule is CC(C)c1cccc(C(C)C)c1NCc1cccc(-c2ccccc2-c2cccc(-c3cc(C(C)(C)C)cc(C(C)(C)C)c3)c2O)n1. The van der Waals surface area contributed by atoms with E-state index in [1.807, 2.05) is 30.3 Å². The quantitative estimate of drug-likeness (QED) is 0.180. The fourth-order valence-electron chi connectivity index (χ4n) is 6.25. The van der Waals surface area contributed by atoms with Gasteiger partial charge in [-0.3, -0.25) is 4.98 Å². The standard InChI is InChI=1S/C44H52N2O/c1-28(2)34-19-14-20-35(29(3)4)41(34)45-27-33-16-13-23-40(46-33)38-18-12-11-17-37(38)39-22-15-21-36(42(39)47)30-24-31(43(5,6)7)26-32(25-30)44(8,9)10/h11-26,28-29,45,47H,27H2,1-10H3. The first-order chi connectivity index (χ1) is 22.1. The second-order valence-corrected chi connectivity index (χ2v) is 15.5. The molecule has 4 aromatic carbocycles. The molecule has 3 nitrogen and oxygen atoms in total. The summed E-state index contributed by atoms with van der Waals surface area (Å²) in [6.45, 7) is 23.1. The highest BCUT2D eigenvalue weighted by Gasteiger charge is 2.23. The minimum atomic E-state index is -0.0192. The van der Waals surface area contributed by atoms with E-state index >= 15 is 0 Å². The summed E-state index contributed by atoms with van der Waals surface area (Å²) in [5, 5.41) is 15.7. The predicted molar refractivity (Wildman–Crippen MR) is 202 cm³/mol. The van der Waals surface area contributed by atoms with Gasteiger partial charge in [0.2, 0.25) is 0 Å². The average molecular weight is 625 g/mol. The van der Waals surface area contributed by atoms with E-state index in [1.54, 1.807) is 0 Å². The highest BCUT2D eigenvalue weighted by molar-refractivity contribution is 5.89. The van der Waals surface area contributed by atoms with Gasteiger partial charge in [0.15, 0.2) is 0 Å². The Morgan fingerprint density at radius 3 is 1.68 bits per heavy atom. The molecule has 0 fully saturated rings. The lowest BCUT2D eigenvalue weighted by Gasteiger charge is -2.26. The van der Waals surface area contributed by atoms with Crippen molar-refractivity contribution in [3.63, 3.8) is 0 Å². The Bertz CT molecular complexity index is 1810. The van der Waals surface area contributed by atoms with Crippen LogP contribution in [0, 0.1) is 0 Å². The zero-order valence-corrected chi connectivity index (χ0v) is 30.0. The molecule has 1 heterocycles. The van der Waals surface area contributed by atoms with E-state index in [-0.39, 0.29) is 16.6 Å². The van der Waals surface area contributed by atoms with Crippen LogP contribution in [0.25, 0.3) is 33.5 Å². The highest BCUT2D eigenvalue weighted by atomic mass is 16.3. The molecule has 0 unspecified atom stereocenters. The van der Waals surface area contributed by atoms with Crippen molar-refractivity contribution in [1.82, 2.24) is 4.98 Å². The van der Waals surface area contributed by atoms with Gasteiger partial charge < -0.3 is 10.4 Å². The van der Waals surface area contributed by atoms with Gasteiger partial charge in [-0.1, -0.05) is 154 Å². The van der Waals surface area contributed by atoms with E-state index in [0.29, 0.717) is 18.4 Å². The molecule has 0 aliphatic carbocycles. The van der Waals surface area contributed by atoms with Crippen molar-refractivity contribution in [3.05, 3.63) is 125 Å². The van der Waals surface area contributed by atoms with E-state index in [1.165, 1.54) is 27.9 Å². The summed E-state index contributed by atoms with van der Waals surface area (Å²) in [7, 11) is 0. The zero-order valence-electron chi connectivity index (χ0n) is 30.0. The van der Waals surface area contributed by atoms with Crippen molar-refractivity contribution in [2.75, 3.05) is 5.32 Å². The number of aromatic hydroxyl groups is 1. The first-order valence-corrected chi connectivity index (χ1v) is 17.1. The number of nitrogens with one attached hydrogen (secondary N) is 1. The third-order valence-electron chi connectivity index (χ3n) is 9.13. The number of hydrogen-bond acceptors (Lipinski definition) is 3. The minimum absolute atomic E-state index is 0.0192. The van der Waals surface area contributed by atoms with Gasteiger partial charge in [0, 0.05) is 22.4 Å². The van der Waals surface area contributed by atoms with Crippen molar-refractivity contribution >= 4 is 5.69 Å². The monoisotopic (exact) mass is 624 g/mol. The van der Waals surface area contributed by atoms with E-state index < -0.39 is 0 Å². The van der Waals surface area contributed by atoms with Gasteiger partial charge in [0.1, 0.15) is 5.75 Å². The normalized spacial score (nSPS) is 12.2. The third-order valence-corrected chi connectivity index (χ3v) is 9.13. The second kappa shape index (κ2) is 13.4. The first kappa shape index (κ1) is 34.0. The number of rotatable bonds is 8. The van der Waals surface area contributed by atoms with E-state index in [9.17, 15) is 5.11 Å². The van der Waals surface area contributed by atoms with Crippen molar-refractivity contribution < 1.29 is 5.11 Å². The Balaban J connectivity index is 1.54. The molecule has 2 N–H and O–H groups in total. The third kappa shape index (κ3) is 7.46. The summed E-state index contributed by atoms with van der Waals surface area (Å²) >= 11 is 0.